The molecule has 2 rings (SSSR count). The lowest BCUT2D eigenvalue weighted by Gasteiger charge is -2.22. The van der Waals surface area contributed by atoms with Gasteiger partial charge < -0.3 is 20.3 Å². The predicted octanol–water partition coefficient (Wildman–Crippen LogP) is 2.39. The molecule has 0 fully saturated rings. The third-order valence-electron chi connectivity index (χ3n) is 3.54. The number of alkyl carbamates (subject to hydrolysis) is 1. The molecule has 1 heterocycles. The van der Waals surface area contributed by atoms with Gasteiger partial charge in [0.05, 0.1) is 11.8 Å². The molecular formula is C18H25N3O4. The minimum absolute atomic E-state index is 0.192. The van der Waals surface area contributed by atoms with Gasteiger partial charge in [-0.05, 0) is 38.8 Å². The molecule has 0 saturated heterocycles. The SMILES string of the molecule is CC(C)(C)OC(=O)NCCC(O)C(O)c1ccccc1-c1ccn[nH]1. The monoisotopic (exact) mass is 347 g/mol. The van der Waals surface area contributed by atoms with Gasteiger partial charge in [0.15, 0.2) is 0 Å². The van der Waals surface area contributed by atoms with Gasteiger partial charge in [0.1, 0.15) is 11.7 Å². The van der Waals surface area contributed by atoms with Gasteiger partial charge in [0, 0.05) is 18.3 Å². The Morgan fingerprint density at radius 3 is 2.64 bits per heavy atom. The van der Waals surface area contributed by atoms with Gasteiger partial charge in [0.25, 0.3) is 0 Å². The number of benzene rings is 1. The molecule has 136 valence electrons. The summed E-state index contributed by atoms with van der Waals surface area (Å²) < 4.78 is 5.13. The maximum Gasteiger partial charge on any atom is 0.407 e. The average molecular weight is 347 g/mol. The van der Waals surface area contributed by atoms with E-state index >= 15 is 0 Å². The second-order valence-electron chi connectivity index (χ2n) is 6.79. The molecule has 0 aliphatic heterocycles. The number of ether oxygens (including phenoxy) is 1. The first-order chi connectivity index (χ1) is 11.8. The zero-order valence-electron chi connectivity index (χ0n) is 14.7. The minimum Gasteiger partial charge on any atom is -0.444 e. The third kappa shape index (κ3) is 5.58. The molecule has 1 aromatic carbocycles. The lowest BCUT2D eigenvalue weighted by molar-refractivity contribution is 0.0126. The van der Waals surface area contributed by atoms with Crippen LogP contribution in [0.2, 0.25) is 0 Å². The first-order valence-electron chi connectivity index (χ1n) is 8.19. The van der Waals surface area contributed by atoms with Crippen molar-refractivity contribution in [2.24, 2.45) is 0 Å². The van der Waals surface area contributed by atoms with E-state index in [1.807, 2.05) is 12.1 Å². The highest BCUT2D eigenvalue weighted by atomic mass is 16.6. The van der Waals surface area contributed by atoms with E-state index in [9.17, 15) is 15.0 Å². The maximum atomic E-state index is 11.6. The molecule has 0 radical (unpaired) electrons. The smallest absolute Gasteiger partial charge is 0.407 e. The summed E-state index contributed by atoms with van der Waals surface area (Å²) in [6.07, 6.45) is -0.844. The van der Waals surface area contributed by atoms with Crippen molar-refractivity contribution in [1.29, 1.82) is 0 Å². The fourth-order valence-electron chi connectivity index (χ4n) is 2.41. The minimum atomic E-state index is -1.08. The van der Waals surface area contributed by atoms with Crippen molar-refractivity contribution < 1.29 is 19.7 Å². The van der Waals surface area contributed by atoms with Gasteiger partial charge in [-0.2, -0.15) is 5.10 Å². The van der Waals surface area contributed by atoms with Crippen molar-refractivity contribution in [3.63, 3.8) is 0 Å². The Kier molecular flexibility index (Phi) is 6.17. The van der Waals surface area contributed by atoms with Gasteiger partial charge in [-0.1, -0.05) is 24.3 Å². The summed E-state index contributed by atoms with van der Waals surface area (Å²) in [4.78, 5) is 11.6. The Bertz CT molecular complexity index is 680. The van der Waals surface area contributed by atoms with Crippen LogP contribution in [0.4, 0.5) is 4.79 Å². The van der Waals surface area contributed by atoms with Crippen LogP contribution < -0.4 is 5.32 Å². The van der Waals surface area contributed by atoms with E-state index in [-0.39, 0.29) is 13.0 Å². The first-order valence-corrected chi connectivity index (χ1v) is 8.19. The Hall–Kier alpha value is -2.38. The van der Waals surface area contributed by atoms with E-state index in [1.54, 1.807) is 45.2 Å². The van der Waals surface area contributed by atoms with Crippen molar-refractivity contribution in [3.05, 3.63) is 42.1 Å². The van der Waals surface area contributed by atoms with E-state index in [2.05, 4.69) is 15.5 Å². The summed E-state index contributed by atoms with van der Waals surface area (Å²) in [5.74, 6) is 0. The van der Waals surface area contributed by atoms with E-state index in [4.69, 9.17) is 4.74 Å². The molecule has 0 spiro atoms. The molecule has 2 aromatic rings. The van der Waals surface area contributed by atoms with Gasteiger partial charge in [0.2, 0.25) is 0 Å². The summed E-state index contributed by atoms with van der Waals surface area (Å²) in [6, 6.07) is 9.04. The fourth-order valence-corrected chi connectivity index (χ4v) is 2.41. The van der Waals surface area contributed by atoms with Gasteiger partial charge in [-0.15, -0.1) is 0 Å². The Morgan fingerprint density at radius 1 is 1.28 bits per heavy atom. The second kappa shape index (κ2) is 8.13. The van der Waals surface area contributed by atoms with Crippen LogP contribution in [0.3, 0.4) is 0 Å². The van der Waals surface area contributed by atoms with Crippen LogP contribution in [0.15, 0.2) is 36.5 Å². The zero-order valence-corrected chi connectivity index (χ0v) is 14.7. The molecule has 25 heavy (non-hydrogen) atoms. The van der Waals surface area contributed by atoms with Crippen molar-refractivity contribution in [3.8, 4) is 11.3 Å². The van der Waals surface area contributed by atoms with Crippen LogP contribution in [0.1, 0.15) is 38.9 Å². The number of hydrogen-bond acceptors (Lipinski definition) is 5. The van der Waals surface area contributed by atoms with Crippen LogP contribution in [0.25, 0.3) is 11.3 Å². The molecule has 2 unspecified atom stereocenters. The Labute approximate surface area is 147 Å². The molecule has 0 aliphatic rings. The van der Waals surface area contributed by atoms with E-state index < -0.39 is 23.9 Å². The number of carbonyl (C=O) groups excluding carboxylic acids is 1. The molecule has 0 bridgehead atoms. The normalized spacial score (nSPS) is 14.0. The molecular weight excluding hydrogens is 322 g/mol. The number of H-pyrrole nitrogens is 1. The standard InChI is InChI=1S/C18H25N3O4/c1-18(2,3)25-17(24)19-10-9-15(22)16(23)13-7-5-4-6-12(13)14-8-11-20-21-14/h4-8,11,15-16,22-23H,9-10H2,1-3H3,(H,19,24)(H,20,21). The molecule has 1 aromatic heterocycles. The van der Waals surface area contributed by atoms with Crippen molar-refractivity contribution in [1.82, 2.24) is 15.5 Å². The van der Waals surface area contributed by atoms with Crippen molar-refractivity contribution >= 4 is 6.09 Å². The highest BCUT2D eigenvalue weighted by Crippen LogP contribution is 2.29. The van der Waals surface area contributed by atoms with Crippen LogP contribution in [-0.2, 0) is 4.74 Å². The zero-order chi connectivity index (χ0) is 18.4. The predicted molar refractivity (Wildman–Crippen MR) is 93.8 cm³/mol. The number of nitrogens with zero attached hydrogens (tertiary/aromatic N) is 1. The van der Waals surface area contributed by atoms with Crippen LogP contribution in [0, 0.1) is 0 Å². The number of aliphatic hydroxyl groups excluding tert-OH is 2. The van der Waals surface area contributed by atoms with E-state index in [0.29, 0.717) is 5.56 Å². The molecule has 0 aliphatic carbocycles. The molecule has 0 saturated carbocycles. The number of rotatable bonds is 6. The largest absolute Gasteiger partial charge is 0.444 e. The number of aromatic nitrogens is 2. The second-order valence-corrected chi connectivity index (χ2v) is 6.79. The molecule has 7 heteroatoms. The molecule has 2 atom stereocenters. The lowest BCUT2D eigenvalue weighted by atomic mass is 9.95. The van der Waals surface area contributed by atoms with Crippen LogP contribution in [-0.4, -0.2) is 44.8 Å². The summed E-state index contributed by atoms with van der Waals surface area (Å²) in [6.45, 7) is 5.52. The van der Waals surface area contributed by atoms with Gasteiger partial charge >= 0.3 is 6.09 Å². The Balaban J connectivity index is 1.95. The molecule has 1 amide bonds. The lowest BCUT2D eigenvalue weighted by Crippen LogP contribution is -2.34. The molecule has 7 nitrogen and oxygen atoms in total. The number of nitrogens with one attached hydrogen (secondary N) is 2. The number of aromatic amines is 1. The molecule has 4 N–H and O–H groups in total. The first kappa shape index (κ1) is 19.0. The number of aliphatic hydroxyl groups is 2. The highest BCUT2D eigenvalue weighted by molar-refractivity contribution is 5.67. The number of hydrogen-bond donors (Lipinski definition) is 4. The fraction of sp³-hybridized carbons (Fsp3) is 0.444. The van der Waals surface area contributed by atoms with Crippen LogP contribution >= 0.6 is 0 Å². The quantitative estimate of drug-likeness (QED) is 0.642. The summed E-state index contributed by atoms with van der Waals surface area (Å²) in [5, 5.41) is 30.1. The highest BCUT2D eigenvalue weighted by Gasteiger charge is 2.22. The summed E-state index contributed by atoms with van der Waals surface area (Å²) >= 11 is 0. The average Bonchev–Trinajstić information content (AvgIpc) is 3.06. The van der Waals surface area contributed by atoms with E-state index in [0.717, 1.165) is 11.3 Å². The number of amides is 1. The Morgan fingerprint density at radius 2 is 2.00 bits per heavy atom. The summed E-state index contributed by atoms with van der Waals surface area (Å²) in [7, 11) is 0. The van der Waals surface area contributed by atoms with Gasteiger partial charge in [-0.25, -0.2) is 4.79 Å². The van der Waals surface area contributed by atoms with Crippen molar-refractivity contribution in [2.75, 3.05) is 6.54 Å². The third-order valence-corrected chi connectivity index (χ3v) is 3.54. The van der Waals surface area contributed by atoms with Gasteiger partial charge in [-0.3, -0.25) is 5.10 Å². The van der Waals surface area contributed by atoms with Crippen LogP contribution in [0.5, 0.6) is 0 Å². The topological polar surface area (TPSA) is 107 Å². The van der Waals surface area contributed by atoms with Crippen molar-refractivity contribution in [2.45, 2.75) is 45.0 Å². The summed E-state index contributed by atoms with van der Waals surface area (Å²) in [5.41, 5.74) is 1.54. The van der Waals surface area contributed by atoms with E-state index in [1.165, 1.54) is 0 Å². The maximum absolute atomic E-state index is 11.6. The number of carbonyl (C=O) groups is 1.